The topological polar surface area (TPSA) is 367 Å². The largest absolute Gasteiger partial charge is 0.550 e. The Morgan fingerprint density at radius 1 is 0.345 bits per heavy atom. The molecule has 0 saturated carbocycles. The van der Waals surface area contributed by atoms with Gasteiger partial charge in [-0.2, -0.15) is 0 Å². The predicted molar refractivity (Wildman–Crippen MR) is 78.5 cm³/mol. The number of carboxylic acids is 6. The van der Waals surface area contributed by atoms with Crippen LogP contribution in [-0.4, -0.2) is 57.7 Å². The van der Waals surface area contributed by atoms with Crippen LogP contribution in [0.15, 0.2) is 0 Å². The third-order valence-corrected chi connectivity index (χ3v) is 0. The zero-order chi connectivity index (χ0) is 21.5. The van der Waals surface area contributed by atoms with Crippen molar-refractivity contribution in [3.63, 3.8) is 0 Å². The summed E-state index contributed by atoms with van der Waals surface area (Å²) < 4.78 is 0. The second-order valence-corrected chi connectivity index (χ2v) is 2.95. The summed E-state index contributed by atoms with van der Waals surface area (Å²) >= 11 is 0. The summed E-state index contributed by atoms with van der Waals surface area (Å²) in [4.78, 5) is 53.3. The molecule has 0 fully saturated rings. The van der Waals surface area contributed by atoms with Gasteiger partial charge in [0.05, 0.1) is 0 Å². The van der Waals surface area contributed by atoms with Crippen molar-refractivity contribution in [2.24, 2.45) is 0 Å². The first-order valence-electron chi connectivity index (χ1n) is 5.45. The number of carbonyl (C=O) groups excluding carboxylic acids is 6. The van der Waals surface area contributed by atoms with Gasteiger partial charge < -0.3 is 81.3 Å². The van der Waals surface area contributed by atoms with E-state index < -0.39 is 35.8 Å². The normalized spacial score (nSPS) is 5.17. The van der Waals surface area contributed by atoms with E-state index in [4.69, 9.17) is 59.4 Å². The molecule has 0 heterocycles. The Labute approximate surface area is 189 Å². The van der Waals surface area contributed by atoms with E-state index in [1.165, 1.54) is 0 Å². The summed E-state index contributed by atoms with van der Waals surface area (Å²) in [5.74, 6) is -6.50. The summed E-state index contributed by atoms with van der Waals surface area (Å²) in [5.41, 5.74) is 0. The van der Waals surface area contributed by atoms with Gasteiger partial charge in [-0.05, 0) is 41.5 Å². The molecule has 0 atom stereocenters. The second kappa shape index (κ2) is 63.6. The minimum absolute atomic E-state index is 0. The minimum Gasteiger partial charge on any atom is -0.550 e. The summed E-state index contributed by atoms with van der Waals surface area (Å²) in [6, 6.07) is 0. The van der Waals surface area contributed by atoms with Crippen LogP contribution in [0.3, 0.4) is 0 Å². The van der Waals surface area contributed by atoms with Crippen molar-refractivity contribution in [3.8, 4) is 0 Å². The molecule has 0 saturated heterocycles. The Morgan fingerprint density at radius 2 is 0.345 bits per heavy atom. The van der Waals surface area contributed by atoms with Crippen molar-refractivity contribution in [1.29, 1.82) is 0 Å². The maximum Gasteiger partial charge on any atom is 0.0383 e. The summed E-state index contributed by atoms with van der Waals surface area (Å²) in [6.45, 7) is 5.83. The molecule has 29 heavy (non-hydrogen) atoms. The van der Waals surface area contributed by atoms with Crippen molar-refractivity contribution in [1.82, 2.24) is 0 Å². The van der Waals surface area contributed by atoms with Gasteiger partial charge in [-0.3, -0.25) is 0 Å². The number of rotatable bonds is 0. The van der Waals surface area contributed by atoms with Gasteiger partial charge in [0.2, 0.25) is 0 Å². The molecule has 0 bridgehead atoms. The van der Waals surface area contributed by atoms with Crippen LogP contribution in [0.25, 0.3) is 0 Å². The molecule has 0 aromatic rings. The molecule has 0 amide bonds. The zero-order valence-corrected chi connectivity index (χ0v) is 20.6. The zero-order valence-electron chi connectivity index (χ0n) is 16.4. The Hall–Kier alpha value is -2.29. The third kappa shape index (κ3) is 2760. The Bertz CT molecular complexity index is 265. The monoisotopic (exact) mass is 664 g/mol. The molecule has 0 aromatic heterocycles. The molecule has 0 unspecified atom stereocenters. The van der Waals surface area contributed by atoms with Crippen molar-refractivity contribution in [2.75, 3.05) is 0 Å². The van der Waals surface area contributed by atoms with Gasteiger partial charge in [0.1, 0.15) is 0 Å². The molecule has 0 rings (SSSR count). The molecule has 0 spiro atoms. The SMILES string of the molecule is CC(=O)[O-].CC(=O)[O-].CC(=O)[O-].CC(=O)[O-].CC(=O)[O-].CC(=O)[O-].O.O.O.O.[U]. The van der Waals surface area contributed by atoms with Gasteiger partial charge in [-0.1, -0.05) is 0 Å². The molecule has 8 N–H and O–H groups in total. The molecular formula is C12H26O16U-6. The van der Waals surface area contributed by atoms with Crippen LogP contribution in [0.2, 0.25) is 0 Å². The standard InChI is InChI=1S/6C2H4O2.4H2O.U/c6*1-2(3)4;;;;;/h6*1H3,(H,3,4);4*1H2;/p-6. The van der Waals surface area contributed by atoms with Gasteiger partial charge in [-0.25, -0.2) is 0 Å². The average molecular weight is 664 g/mol. The molecule has 0 aliphatic rings. The summed E-state index contributed by atoms with van der Waals surface area (Å²) in [7, 11) is 0. The minimum atomic E-state index is -1.08. The first kappa shape index (κ1) is 71.5. The summed E-state index contributed by atoms with van der Waals surface area (Å²) in [6.07, 6.45) is 0. The van der Waals surface area contributed by atoms with Gasteiger partial charge in [-0.15, -0.1) is 0 Å². The number of hydrogen-bond acceptors (Lipinski definition) is 12. The molecule has 0 aliphatic carbocycles. The number of hydrogen-bond donors (Lipinski definition) is 0. The van der Waals surface area contributed by atoms with E-state index in [0.717, 1.165) is 41.5 Å². The average Bonchev–Trinajstić information content (AvgIpc) is 2.08. The van der Waals surface area contributed by atoms with Crippen LogP contribution in [0.1, 0.15) is 41.5 Å². The van der Waals surface area contributed by atoms with Crippen LogP contribution in [0, 0.1) is 31.1 Å². The summed E-state index contributed by atoms with van der Waals surface area (Å²) in [5, 5.41) is 53.3. The van der Waals surface area contributed by atoms with Crippen LogP contribution in [0.5, 0.6) is 0 Å². The van der Waals surface area contributed by atoms with E-state index >= 15 is 0 Å². The molecule has 0 radical (unpaired) electrons. The third-order valence-electron chi connectivity index (χ3n) is 0. The van der Waals surface area contributed by atoms with Crippen LogP contribution < -0.4 is 30.6 Å². The maximum absolute atomic E-state index is 8.89. The number of aliphatic carboxylic acids is 6. The first-order valence-corrected chi connectivity index (χ1v) is 5.45. The fraction of sp³-hybridized carbons (Fsp3) is 0.500. The fourth-order valence-electron chi connectivity index (χ4n) is 0. The van der Waals surface area contributed by atoms with E-state index in [-0.39, 0.29) is 53.0 Å². The molecule has 0 aliphatic heterocycles. The van der Waals surface area contributed by atoms with Crippen molar-refractivity contribution in [3.05, 3.63) is 0 Å². The number of carbonyl (C=O) groups is 6. The van der Waals surface area contributed by atoms with Crippen molar-refractivity contribution < 1.29 is 112 Å². The van der Waals surface area contributed by atoms with Crippen LogP contribution in [-0.2, 0) is 28.8 Å². The molecular weight excluding hydrogens is 638 g/mol. The van der Waals surface area contributed by atoms with Crippen LogP contribution >= 0.6 is 0 Å². The smallest absolute Gasteiger partial charge is 0.0383 e. The van der Waals surface area contributed by atoms with Gasteiger partial charge in [0.15, 0.2) is 0 Å². The molecule has 16 nitrogen and oxygen atoms in total. The van der Waals surface area contributed by atoms with Crippen LogP contribution in [0.4, 0.5) is 0 Å². The van der Waals surface area contributed by atoms with Gasteiger partial charge in [0, 0.05) is 66.9 Å². The van der Waals surface area contributed by atoms with Gasteiger partial charge >= 0.3 is 0 Å². The first-order chi connectivity index (χ1) is 10.4. The second-order valence-electron chi connectivity index (χ2n) is 2.95. The van der Waals surface area contributed by atoms with E-state index in [9.17, 15) is 0 Å². The van der Waals surface area contributed by atoms with E-state index in [2.05, 4.69) is 0 Å². The van der Waals surface area contributed by atoms with E-state index in [1.54, 1.807) is 0 Å². The Balaban J connectivity index is -0.0000000144. The predicted octanol–water partition coefficient (Wildman–Crippen LogP) is -10.8. The molecule has 0 aromatic carbocycles. The van der Waals surface area contributed by atoms with Crippen molar-refractivity contribution >= 4 is 35.8 Å². The van der Waals surface area contributed by atoms with E-state index in [0.29, 0.717) is 0 Å². The molecule has 180 valence electrons. The number of carboxylic acid groups (broad SMARTS) is 6. The molecule has 17 heteroatoms. The maximum atomic E-state index is 8.89. The Kier molecular flexibility index (Phi) is 157. The quantitative estimate of drug-likeness (QED) is 0.233. The fourth-order valence-corrected chi connectivity index (χ4v) is 0. The van der Waals surface area contributed by atoms with E-state index in [1.807, 2.05) is 0 Å². The van der Waals surface area contributed by atoms with Gasteiger partial charge in [0.25, 0.3) is 0 Å². The van der Waals surface area contributed by atoms with Crippen molar-refractivity contribution in [2.45, 2.75) is 41.5 Å². The Morgan fingerprint density at radius 3 is 0.345 bits per heavy atom.